The summed E-state index contributed by atoms with van der Waals surface area (Å²) in [5.41, 5.74) is 9.42. The van der Waals surface area contributed by atoms with Crippen molar-refractivity contribution >= 4 is 58.3 Å². The standard InChI is InChI=1S/C46H54Cl2FN9O5/c1-28(40-34(47)11-12-35(49)42(40)48)63-38-21-30(23-52-43(38)50)31-24-53-57(27-31)32-15-19-55(20-16-32)17-6-4-2-3-5-7-18-56-25-29(26-56)22-51-36-10-8-9-33-41(36)46(62)58(45(33)61)37-13-14-39(59)54-44(37)60/h8-12,21,23-24,27-29,32,37,51H,2-7,13-20,22,25-26H2,1H3,(H2,50,52)(H,54,59,60)/t28-,37?/m0/s1. The van der Waals surface area contributed by atoms with Gasteiger partial charge in [-0.2, -0.15) is 5.10 Å². The Balaban J connectivity index is 0.681. The molecule has 3 saturated heterocycles. The fraction of sp³-hybridized carbons (Fsp3) is 0.478. The highest BCUT2D eigenvalue weighted by molar-refractivity contribution is 6.36. The van der Waals surface area contributed by atoms with Crippen LogP contribution in [0.25, 0.3) is 11.1 Å². The lowest BCUT2D eigenvalue weighted by molar-refractivity contribution is -0.136. The molecule has 4 aliphatic heterocycles. The van der Waals surface area contributed by atoms with Crippen LogP contribution in [0.2, 0.25) is 10.0 Å². The van der Waals surface area contributed by atoms with Gasteiger partial charge in [0, 0.05) is 84.9 Å². The van der Waals surface area contributed by atoms with E-state index in [1.165, 1.54) is 50.7 Å². The number of piperidine rings is 2. The Bertz CT molecular complexity index is 2350. The monoisotopic (exact) mass is 901 g/mol. The molecule has 63 heavy (non-hydrogen) atoms. The lowest BCUT2D eigenvalue weighted by atomic mass is 9.98. The van der Waals surface area contributed by atoms with Crippen LogP contribution in [0.3, 0.4) is 0 Å². The van der Waals surface area contributed by atoms with E-state index in [2.05, 4.69) is 30.1 Å². The third-order valence-corrected chi connectivity index (χ3v) is 13.5. The molecule has 8 rings (SSSR count). The van der Waals surface area contributed by atoms with E-state index in [1.807, 2.05) is 18.5 Å². The summed E-state index contributed by atoms with van der Waals surface area (Å²) in [6, 6.07) is 9.01. The lowest BCUT2D eigenvalue weighted by Gasteiger charge is -2.39. The molecule has 0 bridgehead atoms. The molecule has 4 aromatic rings. The Labute approximate surface area is 376 Å². The van der Waals surface area contributed by atoms with Gasteiger partial charge in [-0.05, 0) is 82.4 Å². The summed E-state index contributed by atoms with van der Waals surface area (Å²) < 4.78 is 22.3. The maximum absolute atomic E-state index is 14.2. The minimum atomic E-state index is -0.973. The third kappa shape index (κ3) is 10.0. The number of imide groups is 2. The summed E-state index contributed by atoms with van der Waals surface area (Å²) >= 11 is 12.5. The number of rotatable bonds is 18. The molecule has 0 spiro atoms. The van der Waals surface area contributed by atoms with Crippen molar-refractivity contribution < 1.29 is 28.3 Å². The number of aromatic nitrogens is 3. The number of amides is 4. The van der Waals surface area contributed by atoms with Crippen LogP contribution >= 0.6 is 23.2 Å². The van der Waals surface area contributed by atoms with Crippen molar-refractivity contribution in [3.63, 3.8) is 0 Å². The van der Waals surface area contributed by atoms with Gasteiger partial charge in [-0.1, -0.05) is 55.0 Å². The van der Waals surface area contributed by atoms with Gasteiger partial charge < -0.3 is 25.6 Å². The van der Waals surface area contributed by atoms with Crippen molar-refractivity contribution in [2.75, 3.05) is 56.9 Å². The molecule has 0 aliphatic carbocycles. The molecule has 17 heteroatoms. The van der Waals surface area contributed by atoms with Crippen LogP contribution in [-0.4, -0.2) is 105 Å². The molecule has 0 radical (unpaired) electrons. The van der Waals surface area contributed by atoms with Crippen molar-refractivity contribution in [3.05, 3.63) is 87.5 Å². The Kier molecular flexibility index (Phi) is 14.0. The number of nitrogens with one attached hydrogen (secondary N) is 2. The van der Waals surface area contributed by atoms with Crippen molar-refractivity contribution in [1.82, 2.24) is 34.8 Å². The normalized spacial score (nSPS) is 19.3. The molecule has 2 aromatic carbocycles. The first-order valence-corrected chi connectivity index (χ1v) is 22.8. The van der Waals surface area contributed by atoms with E-state index >= 15 is 0 Å². The zero-order valence-corrected chi connectivity index (χ0v) is 37.0. The first kappa shape index (κ1) is 44.5. The van der Waals surface area contributed by atoms with Crippen molar-refractivity contribution in [2.45, 2.75) is 89.3 Å². The molecule has 2 aromatic heterocycles. The van der Waals surface area contributed by atoms with Gasteiger partial charge in [0.1, 0.15) is 18.0 Å². The lowest BCUT2D eigenvalue weighted by Crippen LogP contribution is -2.54. The number of carbonyl (C=O) groups is 4. The van der Waals surface area contributed by atoms with Gasteiger partial charge in [0.05, 0.1) is 28.4 Å². The molecule has 0 saturated carbocycles. The number of unbranched alkanes of at least 4 members (excludes halogenated alkanes) is 5. The number of pyridine rings is 1. The van der Waals surface area contributed by atoms with Gasteiger partial charge in [-0.15, -0.1) is 0 Å². The van der Waals surface area contributed by atoms with Gasteiger partial charge in [-0.25, -0.2) is 9.37 Å². The Morgan fingerprint density at radius 1 is 0.921 bits per heavy atom. The summed E-state index contributed by atoms with van der Waals surface area (Å²) in [5.74, 6) is -1.54. The summed E-state index contributed by atoms with van der Waals surface area (Å²) in [5, 5.41) is 10.6. The minimum Gasteiger partial charge on any atom is -0.482 e. The summed E-state index contributed by atoms with van der Waals surface area (Å²) in [6.45, 7) is 8.74. The summed E-state index contributed by atoms with van der Waals surface area (Å²) in [6.07, 6.45) is 14.6. The minimum absolute atomic E-state index is 0.0834. The van der Waals surface area contributed by atoms with Gasteiger partial charge in [0.15, 0.2) is 11.6 Å². The predicted molar refractivity (Wildman–Crippen MR) is 239 cm³/mol. The molecule has 14 nitrogen and oxygen atoms in total. The molecule has 3 fully saturated rings. The number of anilines is 2. The number of halogens is 3. The topological polar surface area (TPSA) is 168 Å². The number of hydrogen-bond acceptors (Lipinski definition) is 11. The quantitative estimate of drug-likeness (QED) is 0.0513. The highest BCUT2D eigenvalue weighted by Gasteiger charge is 2.45. The molecular weight excluding hydrogens is 848 g/mol. The van der Waals surface area contributed by atoms with Gasteiger partial charge in [-0.3, -0.25) is 34.1 Å². The molecule has 4 N–H and O–H groups in total. The fourth-order valence-corrected chi connectivity index (χ4v) is 9.93. The average Bonchev–Trinajstić information content (AvgIpc) is 3.85. The molecule has 2 atom stereocenters. The number of carbonyl (C=O) groups excluding carboxylic acids is 4. The third-order valence-electron chi connectivity index (χ3n) is 12.8. The Hall–Kier alpha value is -5.09. The summed E-state index contributed by atoms with van der Waals surface area (Å²) in [7, 11) is 0. The smallest absolute Gasteiger partial charge is 0.264 e. The van der Waals surface area contributed by atoms with Gasteiger partial charge in [0.2, 0.25) is 11.8 Å². The highest BCUT2D eigenvalue weighted by Crippen LogP contribution is 2.38. The largest absolute Gasteiger partial charge is 0.482 e. The maximum Gasteiger partial charge on any atom is 0.264 e. The molecule has 1 unspecified atom stereocenters. The SMILES string of the molecule is C[C@H](Oc1cc(-c2cnn(C3CCN(CCCCCCCCN4CC(CNc5cccc6c5C(=O)N(C5CCC(=O)NC5=O)C6=O)C4)CC3)c2)cnc1N)c1c(Cl)ccc(F)c1Cl. The van der Waals surface area contributed by atoms with E-state index in [1.54, 1.807) is 31.3 Å². The second-order valence-electron chi connectivity index (χ2n) is 17.2. The van der Waals surface area contributed by atoms with Crippen LogP contribution in [0.15, 0.2) is 55.0 Å². The number of nitrogens with two attached hydrogens (primary N) is 1. The Morgan fingerprint density at radius 3 is 2.40 bits per heavy atom. The number of nitrogens with zero attached hydrogens (tertiary/aromatic N) is 6. The van der Waals surface area contributed by atoms with Crippen LogP contribution < -0.4 is 21.1 Å². The van der Waals surface area contributed by atoms with Gasteiger partial charge >= 0.3 is 0 Å². The highest BCUT2D eigenvalue weighted by atomic mass is 35.5. The van der Waals surface area contributed by atoms with Crippen LogP contribution in [-0.2, 0) is 9.59 Å². The number of benzene rings is 2. The van der Waals surface area contributed by atoms with Crippen LogP contribution in [0, 0.1) is 11.7 Å². The second kappa shape index (κ2) is 19.7. The maximum atomic E-state index is 14.2. The van der Waals surface area contributed by atoms with Crippen LogP contribution in [0.4, 0.5) is 15.9 Å². The van der Waals surface area contributed by atoms with E-state index in [9.17, 15) is 23.6 Å². The first-order chi connectivity index (χ1) is 30.4. The zero-order chi connectivity index (χ0) is 44.2. The van der Waals surface area contributed by atoms with Crippen molar-refractivity contribution in [2.24, 2.45) is 5.92 Å². The molecule has 4 amide bonds. The number of hydrogen-bond donors (Lipinski definition) is 3. The van der Waals surface area contributed by atoms with Gasteiger partial charge in [0.25, 0.3) is 11.8 Å². The number of fused-ring (bicyclic) bond motifs is 1. The first-order valence-electron chi connectivity index (χ1n) is 22.1. The average molecular weight is 903 g/mol. The van der Waals surface area contributed by atoms with E-state index < -0.39 is 35.7 Å². The van der Waals surface area contributed by atoms with Crippen molar-refractivity contribution in [3.8, 4) is 16.9 Å². The van der Waals surface area contributed by atoms with E-state index in [-0.39, 0.29) is 29.6 Å². The molecular formula is C46H54Cl2FN9O5. The number of nitrogen functional groups attached to an aromatic ring is 1. The van der Waals surface area contributed by atoms with E-state index in [0.29, 0.717) is 51.7 Å². The number of ether oxygens (including phenoxy) is 1. The second-order valence-corrected chi connectivity index (χ2v) is 18.0. The van der Waals surface area contributed by atoms with Crippen LogP contribution in [0.1, 0.15) is 110 Å². The predicted octanol–water partition coefficient (Wildman–Crippen LogP) is 7.54. The number of likely N-dealkylation sites (tertiary alicyclic amines) is 2. The fourth-order valence-electron chi connectivity index (χ4n) is 9.25. The van der Waals surface area contributed by atoms with E-state index in [0.717, 1.165) is 68.1 Å². The molecule has 334 valence electrons. The molecule has 4 aliphatic rings. The van der Waals surface area contributed by atoms with Crippen LogP contribution in [0.5, 0.6) is 5.75 Å². The van der Waals surface area contributed by atoms with Crippen molar-refractivity contribution in [1.29, 1.82) is 0 Å². The Morgan fingerprint density at radius 2 is 1.65 bits per heavy atom. The zero-order valence-electron chi connectivity index (χ0n) is 35.5. The van der Waals surface area contributed by atoms with E-state index in [4.69, 9.17) is 38.8 Å². The molecule has 6 heterocycles. The summed E-state index contributed by atoms with van der Waals surface area (Å²) in [4.78, 5) is 61.0.